The van der Waals surface area contributed by atoms with Crippen molar-refractivity contribution in [1.29, 1.82) is 0 Å². The van der Waals surface area contributed by atoms with Gasteiger partial charge in [-0.25, -0.2) is 9.59 Å². The Balaban J connectivity index is -0.000000223. The third-order valence-corrected chi connectivity index (χ3v) is 5.67. The van der Waals surface area contributed by atoms with E-state index in [0.717, 1.165) is 57.8 Å². The van der Waals surface area contributed by atoms with Gasteiger partial charge in [0.05, 0.1) is 12.4 Å². The zero-order chi connectivity index (χ0) is 35.3. The lowest BCUT2D eigenvalue weighted by Crippen LogP contribution is -2.40. The fraction of sp³-hybridized carbons (Fsp3) is 0.824. The summed E-state index contributed by atoms with van der Waals surface area (Å²) in [5.74, 6) is 1.49. The number of carbonyl (C=O) groups is 4. The van der Waals surface area contributed by atoms with Crippen LogP contribution in [0.4, 0.5) is 9.59 Å². The molecule has 0 aromatic carbocycles. The summed E-state index contributed by atoms with van der Waals surface area (Å²) < 4.78 is 0. The van der Waals surface area contributed by atoms with Crippen molar-refractivity contribution in [2.45, 2.75) is 154 Å². The number of carbonyl (C=O) groups excluding carboxylic acids is 4. The summed E-state index contributed by atoms with van der Waals surface area (Å²) in [4.78, 5) is 55.0. The van der Waals surface area contributed by atoms with Crippen molar-refractivity contribution < 1.29 is 19.2 Å². The maximum atomic E-state index is 11.2. The number of hydrogen-bond acceptors (Lipinski definition) is 4. The largest absolute Gasteiger partial charge is 0.367 e. The summed E-state index contributed by atoms with van der Waals surface area (Å²) in [6.07, 6.45) is 7.57. The van der Waals surface area contributed by atoms with E-state index in [1.165, 1.54) is 18.9 Å². The first-order valence-corrected chi connectivity index (χ1v) is 17.0. The predicted molar refractivity (Wildman–Crippen MR) is 189 cm³/mol. The van der Waals surface area contributed by atoms with Gasteiger partial charge in [-0.3, -0.25) is 9.59 Å². The number of nitrogens with zero attached hydrogens (tertiary/aromatic N) is 5. The highest BCUT2D eigenvalue weighted by molar-refractivity contribution is 6.25. The van der Waals surface area contributed by atoms with Crippen LogP contribution in [-0.4, -0.2) is 95.3 Å². The minimum Gasteiger partial charge on any atom is -0.340 e. The minimum absolute atomic E-state index is 0.0741. The van der Waals surface area contributed by atoms with Crippen LogP contribution in [0.3, 0.4) is 0 Å². The van der Waals surface area contributed by atoms with Crippen LogP contribution >= 0.6 is 0 Å². The van der Waals surface area contributed by atoms with E-state index in [9.17, 15) is 19.2 Å². The van der Waals surface area contributed by atoms with Crippen LogP contribution in [0, 0.1) is 5.92 Å². The molecule has 0 atom stereocenters. The average Bonchev–Trinajstić information content (AvgIpc) is 3.75. The van der Waals surface area contributed by atoms with Gasteiger partial charge in [0.2, 0.25) is 11.8 Å². The Morgan fingerprint density at radius 2 is 0.932 bits per heavy atom. The molecule has 0 saturated carbocycles. The molecule has 4 heterocycles. The van der Waals surface area contributed by atoms with Gasteiger partial charge in [0, 0.05) is 57.1 Å². The maximum absolute atomic E-state index is 11.2. The summed E-state index contributed by atoms with van der Waals surface area (Å²) in [7, 11) is 0. The van der Waals surface area contributed by atoms with E-state index in [1.54, 1.807) is 0 Å². The first kappa shape index (κ1) is 48.1. The summed E-state index contributed by atoms with van der Waals surface area (Å²) >= 11 is 0. The normalized spacial score (nSPS) is 16.1. The molecule has 0 spiro atoms. The van der Waals surface area contributed by atoms with E-state index >= 15 is 0 Å². The van der Waals surface area contributed by atoms with Crippen molar-refractivity contribution in [1.82, 2.24) is 20.0 Å². The molecule has 4 rings (SSSR count). The Morgan fingerprint density at radius 3 is 1.14 bits per heavy atom. The molecule has 10 nitrogen and oxygen atoms in total. The van der Waals surface area contributed by atoms with Gasteiger partial charge in [-0.1, -0.05) is 62.3 Å². The number of rotatable bonds is 3. The maximum Gasteiger partial charge on any atom is 0.367 e. The molecule has 10 heteroatoms. The quantitative estimate of drug-likeness (QED) is 0.343. The molecule has 0 aromatic heterocycles. The zero-order valence-electron chi connectivity index (χ0n) is 31.2. The highest BCUT2D eigenvalue weighted by Gasteiger charge is 2.22. The van der Waals surface area contributed by atoms with Crippen LogP contribution in [-0.2, 0) is 9.59 Å². The second-order valence-corrected chi connectivity index (χ2v) is 11.0. The molecule has 0 aromatic rings. The van der Waals surface area contributed by atoms with Crippen LogP contribution in [0.25, 0.3) is 0 Å². The van der Waals surface area contributed by atoms with Crippen molar-refractivity contribution in [2.24, 2.45) is 15.9 Å². The highest BCUT2D eigenvalue weighted by atomic mass is 16.2. The fourth-order valence-electron chi connectivity index (χ4n) is 3.79. The van der Waals surface area contributed by atoms with E-state index < -0.39 is 6.03 Å². The lowest BCUT2D eigenvalue weighted by molar-refractivity contribution is -0.135. The molecule has 260 valence electrons. The molecule has 4 aliphatic heterocycles. The summed E-state index contributed by atoms with van der Waals surface area (Å²) in [6, 6.07) is 0.806. The van der Waals surface area contributed by atoms with Crippen LogP contribution in [0.1, 0.15) is 136 Å². The van der Waals surface area contributed by atoms with Gasteiger partial charge in [0.25, 0.3) is 0 Å². The van der Waals surface area contributed by atoms with Crippen LogP contribution in [0.15, 0.2) is 9.98 Å². The van der Waals surface area contributed by atoms with Crippen molar-refractivity contribution in [2.75, 3.05) is 26.2 Å². The Labute approximate surface area is 271 Å². The van der Waals surface area contributed by atoms with E-state index in [0.29, 0.717) is 29.9 Å². The number of likely N-dealkylation sites (tertiary alicyclic amines) is 2. The Bertz CT molecular complexity index is 748. The van der Waals surface area contributed by atoms with Crippen LogP contribution < -0.4 is 5.32 Å². The fourth-order valence-corrected chi connectivity index (χ4v) is 3.79. The van der Waals surface area contributed by atoms with Gasteiger partial charge >= 0.3 is 12.1 Å². The molecular weight excluding hydrogens is 556 g/mol. The van der Waals surface area contributed by atoms with E-state index in [-0.39, 0.29) is 6.03 Å². The molecule has 1 N–H and O–H groups in total. The molecule has 0 aliphatic carbocycles. The second-order valence-electron chi connectivity index (χ2n) is 11.0. The molecular formula is C34H70N6O4. The number of amides is 6. The number of hydrogen-bond donors (Lipinski definition) is 1. The van der Waals surface area contributed by atoms with Gasteiger partial charge in [-0.2, -0.15) is 9.98 Å². The summed E-state index contributed by atoms with van der Waals surface area (Å²) in [5.41, 5.74) is 0. The summed E-state index contributed by atoms with van der Waals surface area (Å²) in [6.45, 7) is 34.4. The van der Waals surface area contributed by atoms with Gasteiger partial charge in [-0.05, 0) is 66.7 Å². The van der Waals surface area contributed by atoms with E-state index in [2.05, 4.69) is 63.8 Å². The standard InChI is InChI=1S/C8H15NO.C7H13NO.C6H12N2O.C4H10.C3H2N2O.3C2H6/c1-7(2)9-6-4-3-5-8(9)10;1-6(2)8-5-3-4-7(8)9;1-5(2)8-4-3-7-6(8)9;1-4(2)3;6-3-4-1-2-5-3;3*1-2/h7H,3-6H2,1-2H3;6H,3-5H2,1-2H3;5H,3-4H2,1-2H3,(H,7,9);4H,1-3H3;1-2H;3*1-2H3. The summed E-state index contributed by atoms with van der Waals surface area (Å²) in [5, 5.41) is 2.74. The minimum atomic E-state index is -0.407. The van der Waals surface area contributed by atoms with Crippen molar-refractivity contribution >= 4 is 36.3 Å². The molecule has 0 unspecified atom stereocenters. The van der Waals surface area contributed by atoms with Gasteiger partial charge < -0.3 is 20.0 Å². The molecule has 44 heavy (non-hydrogen) atoms. The third kappa shape index (κ3) is 25.7. The average molecular weight is 627 g/mol. The first-order chi connectivity index (χ1) is 20.8. The van der Waals surface area contributed by atoms with Gasteiger partial charge in [0.15, 0.2) is 0 Å². The van der Waals surface area contributed by atoms with E-state index in [1.807, 2.05) is 70.1 Å². The Morgan fingerprint density at radius 1 is 0.568 bits per heavy atom. The van der Waals surface area contributed by atoms with Crippen molar-refractivity contribution in [3.05, 3.63) is 0 Å². The smallest absolute Gasteiger partial charge is 0.340 e. The topological polar surface area (TPSA) is 115 Å². The SMILES string of the molecule is CC.CC.CC.CC(C)C.CC(C)N1CCCC1=O.CC(C)N1CCCCC1=O.CC(C)N1CCNC1=O.O=C1N=CC=N1. The molecule has 4 aliphatic rings. The molecule has 0 bridgehead atoms. The molecule has 0 radical (unpaired) electrons. The van der Waals surface area contributed by atoms with Crippen LogP contribution in [0.2, 0.25) is 0 Å². The van der Waals surface area contributed by atoms with Gasteiger partial charge in [-0.15, -0.1) is 0 Å². The predicted octanol–water partition coefficient (Wildman–Crippen LogP) is 7.85. The molecule has 6 amide bonds. The lowest BCUT2D eigenvalue weighted by Gasteiger charge is -2.30. The zero-order valence-corrected chi connectivity index (χ0v) is 31.2. The molecule has 3 saturated heterocycles. The number of piperidine rings is 1. The van der Waals surface area contributed by atoms with Crippen molar-refractivity contribution in [3.8, 4) is 0 Å². The van der Waals surface area contributed by atoms with Crippen LogP contribution in [0.5, 0.6) is 0 Å². The molecule has 3 fully saturated rings. The van der Waals surface area contributed by atoms with E-state index in [4.69, 9.17) is 0 Å². The van der Waals surface area contributed by atoms with Crippen molar-refractivity contribution in [3.63, 3.8) is 0 Å². The lowest BCUT2D eigenvalue weighted by atomic mass is 10.1. The monoisotopic (exact) mass is 627 g/mol. The Hall–Kier alpha value is -2.78. The highest BCUT2D eigenvalue weighted by Crippen LogP contribution is 2.13. The Kier molecular flexibility index (Phi) is 34.6. The first-order valence-electron chi connectivity index (χ1n) is 17.0. The number of aliphatic imine (C=N–C) groups is 2. The number of nitrogens with one attached hydrogen (secondary N) is 1. The third-order valence-electron chi connectivity index (χ3n) is 5.67. The number of urea groups is 2. The second kappa shape index (κ2) is 31.6. The van der Waals surface area contributed by atoms with Gasteiger partial charge in [0.1, 0.15) is 0 Å².